The molecule has 0 aromatic heterocycles. The second kappa shape index (κ2) is 11.6. The minimum Gasteiger partial charge on any atom is -0.496 e. The Bertz CT molecular complexity index is 1560. The van der Waals surface area contributed by atoms with E-state index in [2.05, 4.69) is 43.2 Å². The van der Waals surface area contributed by atoms with Gasteiger partial charge in [-0.3, -0.25) is 4.79 Å². The minimum atomic E-state index is -3.09. The lowest BCUT2D eigenvalue weighted by atomic mass is 9.94. The van der Waals surface area contributed by atoms with Crippen LogP contribution in [0, 0.1) is 6.92 Å². The first-order valence-corrected chi connectivity index (χ1v) is 16.1. The first-order chi connectivity index (χ1) is 19.5. The van der Waals surface area contributed by atoms with Gasteiger partial charge in [0.2, 0.25) is 0 Å². The molecule has 0 saturated carbocycles. The first-order valence-electron chi connectivity index (χ1n) is 14.0. The molecule has 2 atom stereocenters. The van der Waals surface area contributed by atoms with E-state index in [1.165, 1.54) is 6.26 Å². The number of benzene rings is 2. The van der Waals surface area contributed by atoms with Crippen LogP contribution >= 0.6 is 0 Å². The fourth-order valence-electron chi connectivity index (χ4n) is 5.72. The van der Waals surface area contributed by atoms with Gasteiger partial charge >= 0.3 is 0 Å². The van der Waals surface area contributed by atoms with Gasteiger partial charge in [0.05, 0.1) is 12.3 Å². The maximum absolute atomic E-state index is 13.2. The van der Waals surface area contributed by atoms with Crippen molar-refractivity contribution in [1.29, 1.82) is 0 Å². The van der Waals surface area contributed by atoms with Crippen molar-refractivity contribution >= 4 is 38.7 Å². The zero-order valence-corrected chi connectivity index (χ0v) is 24.9. The van der Waals surface area contributed by atoms with Crippen molar-refractivity contribution < 1.29 is 22.7 Å². The van der Waals surface area contributed by atoms with Crippen LogP contribution in [0.2, 0.25) is 0 Å². The number of hydrogen-bond acceptors (Lipinski definition) is 6. The molecule has 3 aliphatic heterocycles. The van der Waals surface area contributed by atoms with E-state index in [1.807, 2.05) is 37.3 Å². The summed E-state index contributed by atoms with van der Waals surface area (Å²) in [7, 11) is -3.09. The number of aryl methyl sites for hydroxylation is 1. The van der Waals surface area contributed by atoms with Gasteiger partial charge in [0.25, 0.3) is 5.91 Å². The van der Waals surface area contributed by atoms with E-state index in [0.717, 1.165) is 57.8 Å². The summed E-state index contributed by atoms with van der Waals surface area (Å²) in [4.78, 5) is 17.1. The number of amides is 1. The highest BCUT2D eigenvalue weighted by Gasteiger charge is 2.34. The van der Waals surface area contributed by atoms with Crippen molar-refractivity contribution in [1.82, 2.24) is 4.90 Å². The third-order valence-electron chi connectivity index (χ3n) is 8.10. The molecule has 0 unspecified atom stereocenters. The molecule has 3 heterocycles. The van der Waals surface area contributed by atoms with E-state index in [9.17, 15) is 13.2 Å². The Balaban J connectivity index is 1.55. The number of anilines is 1. The number of carbonyl (C=O) groups is 1. The molecule has 2 fully saturated rings. The second-order valence-corrected chi connectivity index (χ2v) is 13.3. The van der Waals surface area contributed by atoms with Crippen molar-refractivity contribution in [3.8, 4) is 5.75 Å². The van der Waals surface area contributed by atoms with Gasteiger partial charge in [0.1, 0.15) is 28.0 Å². The van der Waals surface area contributed by atoms with E-state index in [4.69, 9.17) is 9.47 Å². The summed E-state index contributed by atoms with van der Waals surface area (Å²) in [5.74, 6) is 1.43. The van der Waals surface area contributed by atoms with Crippen molar-refractivity contribution in [2.75, 3.05) is 43.1 Å². The number of sulfone groups is 1. The van der Waals surface area contributed by atoms with E-state index in [1.54, 1.807) is 11.0 Å². The summed E-state index contributed by atoms with van der Waals surface area (Å²) in [6.07, 6.45) is 7.85. The van der Waals surface area contributed by atoms with Gasteiger partial charge in [-0.05, 0) is 66.8 Å². The summed E-state index contributed by atoms with van der Waals surface area (Å²) >= 11 is 0. The molecule has 41 heavy (non-hydrogen) atoms. The van der Waals surface area contributed by atoms with E-state index < -0.39 is 15.9 Å². The maximum Gasteiger partial charge on any atom is 0.263 e. The fraction of sp³-hybridized carbons (Fsp3) is 0.364. The van der Waals surface area contributed by atoms with Crippen LogP contribution in [0.25, 0.3) is 17.2 Å². The summed E-state index contributed by atoms with van der Waals surface area (Å²) in [5.41, 5.74) is 6.54. The zero-order valence-electron chi connectivity index (χ0n) is 24.1. The molecule has 0 spiro atoms. The molecule has 8 heteroatoms. The smallest absolute Gasteiger partial charge is 0.263 e. The lowest BCUT2D eigenvalue weighted by molar-refractivity contribution is -0.133. The summed E-state index contributed by atoms with van der Waals surface area (Å²) in [5, 5.41) is 0. The molecule has 0 N–H and O–H groups in total. The largest absolute Gasteiger partial charge is 0.496 e. The van der Waals surface area contributed by atoms with E-state index in [0.29, 0.717) is 31.9 Å². The van der Waals surface area contributed by atoms with Gasteiger partial charge in [-0.1, -0.05) is 43.5 Å². The molecule has 0 radical (unpaired) electrons. The van der Waals surface area contributed by atoms with Gasteiger partial charge in [-0.2, -0.15) is 0 Å². The lowest BCUT2D eigenvalue weighted by Gasteiger charge is -2.42. The number of fused-ring (bicyclic) bond motifs is 5. The molecule has 5 rings (SSSR count). The van der Waals surface area contributed by atoms with Crippen LogP contribution in [-0.2, 0) is 19.4 Å². The topological polar surface area (TPSA) is 76.2 Å². The Hall–Kier alpha value is -3.78. The Morgan fingerprint density at radius 2 is 1.85 bits per heavy atom. The molecule has 3 aliphatic rings. The molecule has 4 bridgehead atoms. The number of allylic oxidation sites excluding steroid dienone is 5. The molecule has 2 aromatic rings. The van der Waals surface area contributed by atoms with Gasteiger partial charge in [-0.25, -0.2) is 8.42 Å². The summed E-state index contributed by atoms with van der Waals surface area (Å²) in [6, 6.07) is 12.0. The van der Waals surface area contributed by atoms with Crippen LogP contribution in [0.15, 0.2) is 67.5 Å². The SMILES string of the molecule is C=C/C1=C(\C)OCCN2CC[C@@H](Oc3ccc(N4CC[C@H]4CS(C)(=O)=O)cc3/C=C/C(=C)c3cc1ccc3C)C2=O. The number of hydrogen-bond donors (Lipinski definition) is 0. The second-order valence-electron chi connectivity index (χ2n) is 11.1. The average molecular weight is 575 g/mol. The average Bonchev–Trinajstić information content (AvgIpc) is 3.25. The van der Waals surface area contributed by atoms with Crippen LogP contribution in [0.1, 0.15) is 42.0 Å². The van der Waals surface area contributed by atoms with Gasteiger partial charge < -0.3 is 19.3 Å². The first kappa shape index (κ1) is 28.7. The maximum atomic E-state index is 13.2. The molecule has 2 saturated heterocycles. The lowest BCUT2D eigenvalue weighted by Crippen LogP contribution is -2.51. The number of nitrogens with zero attached hydrogens (tertiary/aromatic N) is 2. The third kappa shape index (κ3) is 6.27. The molecular formula is C33H38N2O5S. The highest BCUT2D eigenvalue weighted by Crippen LogP contribution is 2.35. The zero-order chi connectivity index (χ0) is 29.3. The highest BCUT2D eigenvalue weighted by molar-refractivity contribution is 7.90. The highest BCUT2D eigenvalue weighted by atomic mass is 32.2. The Kier molecular flexibility index (Phi) is 8.13. The number of rotatable bonds is 4. The predicted molar refractivity (Wildman–Crippen MR) is 166 cm³/mol. The van der Waals surface area contributed by atoms with Crippen molar-refractivity contribution in [2.45, 2.75) is 38.8 Å². The van der Waals surface area contributed by atoms with Gasteiger partial charge in [0, 0.05) is 48.6 Å². The predicted octanol–water partition coefficient (Wildman–Crippen LogP) is 5.27. The Labute approximate surface area is 243 Å². The quantitative estimate of drug-likeness (QED) is 0.495. The molecule has 1 amide bonds. The Morgan fingerprint density at radius 3 is 2.56 bits per heavy atom. The number of ether oxygens (including phenoxy) is 2. The number of carbonyl (C=O) groups excluding carboxylic acids is 1. The fourth-order valence-corrected chi connectivity index (χ4v) is 6.76. The van der Waals surface area contributed by atoms with Gasteiger partial charge in [-0.15, -0.1) is 0 Å². The van der Waals surface area contributed by atoms with Crippen LogP contribution < -0.4 is 9.64 Å². The van der Waals surface area contributed by atoms with E-state index >= 15 is 0 Å². The third-order valence-corrected chi connectivity index (χ3v) is 9.09. The summed E-state index contributed by atoms with van der Waals surface area (Å²) < 4.78 is 36.3. The normalized spacial score (nSPS) is 24.1. The molecule has 0 aliphatic carbocycles. The molecule has 2 aromatic carbocycles. The van der Waals surface area contributed by atoms with Crippen molar-refractivity contribution in [3.05, 3.63) is 89.7 Å². The molecule has 7 nitrogen and oxygen atoms in total. The minimum absolute atomic E-state index is 0.0498. The molecular weight excluding hydrogens is 536 g/mol. The van der Waals surface area contributed by atoms with Crippen LogP contribution in [0.4, 0.5) is 5.69 Å². The van der Waals surface area contributed by atoms with Crippen molar-refractivity contribution in [3.63, 3.8) is 0 Å². The van der Waals surface area contributed by atoms with E-state index in [-0.39, 0.29) is 17.7 Å². The Morgan fingerprint density at radius 1 is 1.05 bits per heavy atom. The monoisotopic (exact) mass is 574 g/mol. The standard InChI is InChI=1S/C33H38N2O5S/c1-6-29-24(4)39-18-17-34-15-14-32(33(34)36)40-31-12-11-27(35-16-13-28(35)21-41(5,37)38)19-26(31)10-8-23(3)30-20-25(29)9-7-22(30)2/h6-12,19-20,28,32H,1,3,13-18,21H2,2,4-5H3/b10-8+,29-24-/t28-,32+/m0/s1. The van der Waals surface area contributed by atoms with Crippen molar-refractivity contribution in [2.24, 2.45) is 0 Å². The van der Waals surface area contributed by atoms with Gasteiger partial charge in [0.15, 0.2) is 6.10 Å². The molecule has 216 valence electrons. The van der Waals surface area contributed by atoms with Crippen LogP contribution in [0.3, 0.4) is 0 Å². The van der Waals surface area contributed by atoms with Crippen LogP contribution in [0.5, 0.6) is 5.75 Å². The van der Waals surface area contributed by atoms with Crippen LogP contribution in [-0.4, -0.2) is 69.6 Å². The summed E-state index contributed by atoms with van der Waals surface area (Å²) in [6.45, 7) is 14.6.